The average molecular weight is 292 g/mol. The van der Waals surface area contributed by atoms with Crippen LogP contribution in [0, 0.1) is 0 Å². The number of rotatable bonds is 5. The summed E-state index contributed by atoms with van der Waals surface area (Å²) < 4.78 is 10.7. The van der Waals surface area contributed by atoms with E-state index >= 15 is 0 Å². The summed E-state index contributed by atoms with van der Waals surface area (Å²) in [5.41, 5.74) is 0.875. The van der Waals surface area contributed by atoms with Gasteiger partial charge in [-0.15, -0.1) is 0 Å². The Morgan fingerprint density at radius 3 is 2.90 bits per heavy atom. The third-order valence-electron chi connectivity index (χ3n) is 3.68. The molecule has 21 heavy (non-hydrogen) atoms. The Bertz CT molecular complexity index is 457. The number of esters is 1. The van der Waals surface area contributed by atoms with Crippen molar-refractivity contribution in [3.05, 3.63) is 29.8 Å². The van der Waals surface area contributed by atoms with E-state index in [4.69, 9.17) is 9.47 Å². The molecule has 0 saturated carbocycles. The van der Waals surface area contributed by atoms with Crippen molar-refractivity contribution in [2.24, 2.45) is 0 Å². The van der Waals surface area contributed by atoms with Crippen LogP contribution in [-0.2, 0) is 9.53 Å². The number of hydrogen-bond donors (Lipinski definition) is 1. The summed E-state index contributed by atoms with van der Waals surface area (Å²) in [7, 11) is 1.63. The summed E-state index contributed by atoms with van der Waals surface area (Å²) in [6.07, 6.45) is 1.02. The normalized spacial score (nSPS) is 17.8. The van der Waals surface area contributed by atoms with Gasteiger partial charge in [-0.3, -0.25) is 4.90 Å². The van der Waals surface area contributed by atoms with Crippen molar-refractivity contribution in [2.45, 2.75) is 19.4 Å². The predicted molar refractivity (Wildman–Crippen MR) is 81.4 cm³/mol. The van der Waals surface area contributed by atoms with E-state index in [1.165, 1.54) is 0 Å². The number of carbonyl (C=O) groups excluding carboxylic acids is 1. The van der Waals surface area contributed by atoms with Gasteiger partial charge in [0, 0.05) is 25.2 Å². The van der Waals surface area contributed by atoms with Gasteiger partial charge in [0.1, 0.15) is 11.8 Å². The van der Waals surface area contributed by atoms with E-state index in [1.807, 2.05) is 31.2 Å². The molecule has 5 nitrogen and oxygen atoms in total. The maximum Gasteiger partial charge on any atom is 0.328 e. The highest BCUT2D eigenvalue weighted by Crippen LogP contribution is 2.30. The van der Waals surface area contributed by atoms with Gasteiger partial charge in [-0.1, -0.05) is 18.2 Å². The first-order valence-electron chi connectivity index (χ1n) is 7.52. The standard InChI is InChI=1S/C16H24N2O3/c1-3-21-16(19)15(18-11-6-9-17-10-12-18)13-7-4-5-8-14(13)20-2/h4-5,7-8,15,17H,3,6,9-12H2,1-2H3. The van der Waals surface area contributed by atoms with Gasteiger partial charge in [-0.2, -0.15) is 0 Å². The summed E-state index contributed by atoms with van der Waals surface area (Å²) in [6.45, 7) is 5.77. The summed E-state index contributed by atoms with van der Waals surface area (Å²) in [5.74, 6) is 0.525. The van der Waals surface area contributed by atoms with Gasteiger partial charge >= 0.3 is 5.97 Å². The van der Waals surface area contributed by atoms with Gasteiger partial charge in [0.05, 0.1) is 13.7 Å². The van der Waals surface area contributed by atoms with Gasteiger partial charge in [0.25, 0.3) is 0 Å². The van der Waals surface area contributed by atoms with Crippen molar-refractivity contribution < 1.29 is 14.3 Å². The third kappa shape index (κ3) is 3.95. The van der Waals surface area contributed by atoms with Crippen LogP contribution in [0.2, 0.25) is 0 Å². The molecule has 116 valence electrons. The molecule has 1 unspecified atom stereocenters. The van der Waals surface area contributed by atoms with Gasteiger partial charge in [0.15, 0.2) is 0 Å². The topological polar surface area (TPSA) is 50.8 Å². The number of hydrogen-bond acceptors (Lipinski definition) is 5. The Hall–Kier alpha value is -1.59. The Morgan fingerprint density at radius 1 is 1.33 bits per heavy atom. The fourth-order valence-corrected chi connectivity index (χ4v) is 2.71. The van der Waals surface area contributed by atoms with Crippen LogP contribution in [0.15, 0.2) is 24.3 Å². The van der Waals surface area contributed by atoms with Crippen molar-refractivity contribution in [2.75, 3.05) is 39.9 Å². The number of methoxy groups -OCH3 is 1. The zero-order chi connectivity index (χ0) is 15.1. The lowest BCUT2D eigenvalue weighted by Crippen LogP contribution is -2.37. The molecule has 0 aromatic heterocycles. The first kappa shape index (κ1) is 15.8. The van der Waals surface area contributed by atoms with Crippen molar-refractivity contribution >= 4 is 5.97 Å². The van der Waals surface area contributed by atoms with Gasteiger partial charge in [-0.05, 0) is 26.0 Å². The average Bonchev–Trinajstić information content (AvgIpc) is 2.77. The minimum absolute atomic E-state index is 0.205. The lowest BCUT2D eigenvalue weighted by Gasteiger charge is -2.29. The van der Waals surface area contributed by atoms with Crippen LogP contribution in [0.25, 0.3) is 0 Å². The van der Waals surface area contributed by atoms with Crippen LogP contribution in [0.4, 0.5) is 0 Å². The number of para-hydroxylation sites is 1. The van der Waals surface area contributed by atoms with E-state index in [1.54, 1.807) is 7.11 Å². The van der Waals surface area contributed by atoms with Crippen LogP contribution >= 0.6 is 0 Å². The van der Waals surface area contributed by atoms with Gasteiger partial charge in [0.2, 0.25) is 0 Å². The molecule has 1 aliphatic rings. The minimum Gasteiger partial charge on any atom is -0.496 e. The second kappa shape index (κ2) is 8.00. The van der Waals surface area contributed by atoms with Crippen molar-refractivity contribution in [3.8, 4) is 5.75 Å². The zero-order valence-corrected chi connectivity index (χ0v) is 12.8. The summed E-state index contributed by atoms with van der Waals surface area (Å²) >= 11 is 0. The second-order valence-corrected chi connectivity index (χ2v) is 5.04. The maximum absolute atomic E-state index is 12.5. The van der Waals surface area contributed by atoms with Crippen molar-refractivity contribution in [1.29, 1.82) is 0 Å². The molecule has 1 saturated heterocycles. The molecule has 1 aliphatic heterocycles. The molecule has 5 heteroatoms. The van der Waals surface area contributed by atoms with Crippen LogP contribution in [0.3, 0.4) is 0 Å². The molecule has 0 bridgehead atoms. The van der Waals surface area contributed by atoms with Crippen LogP contribution in [0.1, 0.15) is 24.9 Å². The summed E-state index contributed by atoms with van der Waals surface area (Å²) in [6, 6.07) is 7.27. The van der Waals surface area contributed by atoms with E-state index in [-0.39, 0.29) is 5.97 Å². The molecule has 1 heterocycles. The summed E-state index contributed by atoms with van der Waals surface area (Å²) in [5, 5.41) is 3.36. The minimum atomic E-state index is -0.402. The largest absolute Gasteiger partial charge is 0.496 e. The van der Waals surface area contributed by atoms with Crippen LogP contribution in [0.5, 0.6) is 5.75 Å². The quantitative estimate of drug-likeness (QED) is 0.835. The van der Waals surface area contributed by atoms with Crippen LogP contribution < -0.4 is 10.1 Å². The van der Waals surface area contributed by atoms with Gasteiger partial charge in [-0.25, -0.2) is 4.79 Å². The van der Waals surface area contributed by atoms with E-state index in [2.05, 4.69) is 10.2 Å². The van der Waals surface area contributed by atoms with E-state index in [0.717, 1.165) is 43.9 Å². The molecule has 0 aliphatic carbocycles. The summed E-state index contributed by atoms with van der Waals surface area (Å²) in [4.78, 5) is 14.7. The highest BCUT2D eigenvalue weighted by Gasteiger charge is 2.31. The molecule has 0 spiro atoms. The lowest BCUT2D eigenvalue weighted by molar-refractivity contribution is -0.149. The smallest absolute Gasteiger partial charge is 0.328 e. The molecule has 1 fully saturated rings. The van der Waals surface area contributed by atoms with Crippen LogP contribution in [-0.4, -0.2) is 50.8 Å². The Kier molecular flexibility index (Phi) is 6.02. The van der Waals surface area contributed by atoms with E-state index in [0.29, 0.717) is 6.61 Å². The molecular formula is C16H24N2O3. The number of nitrogens with zero attached hydrogens (tertiary/aromatic N) is 1. The molecule has 0 amide bonds. The Balaban J connectivity index is 2.32. The molecule has 1 aromatic rings. The fraction of sp³-hybridized carbons (Fsp3) is 0.562. The highest BCUT2D eigenvalue weighted by molar-refractivity contribution is 5.78. The monoisotopic (exact) mass is 292 g/mol. The Labute approximate surface area is 126 Å². The number of ether oxygens (including phenoxy) is 2. The number of carbonyl (C=O) groups is 1. The third-order valence-corrected chi connectivity index (χ3v) is 3.68. The van der Waals surface area contributed by atoms with Crippen molar-refractivity contribution in [3.63, 3.8) is 0 Å². The Morgan fingerprint density at radius 2 is 2.14 bits per heavy atom. The molecule has 1 N–H and O–H groups in total. The lowest BCUT2D eigenvalue weighted by atomic mass is 10.0. The first-order valence-corrected chi connectivity index (χ1v) is 7.52. The molecule has 1 atom stereocenters. The fourth-order valence-electron chi connectivity index (χ4n) is 2.71. The number of nitrogens with one attached hydrogen (secondary N) is 1. The molecule has 1 aromatic carbocycles. The maximum atomic E-state index is 12.5. The zero-order valence-electron chi connectivity index (χ0n) is 12.8. The predicted octanol–water partition coefficient (Wildman–Crippen LogP) is 1.59. The van der Waals surface area contributed by atoms with Gasteiger partial charge < -0.3 is 14.8 Å². The first-order chi connectivity index (χ1) is 10.3. The highest BCUT2D eigenvalue weighted by atomic mass is 16.5. The van der Waals surface area contributed by atoms with Crippen molar-refractivity contribution in [1.82, 2.24) is 10.2 Å². The number of benzene rings is 1. The molecule has 2 rings (SSSR count). The van der Waals surface area contributed by atoms with E-state index in [9.17, 15) is 4.79 Å². The molecule has 0 radical (unpaired) electrons. The second-order valence-electron chi connectivity index (χ2n) is 5.04. The SMILES string of the molecule is CCOC(=O)C(c1ccccc1OC)N1CCCNCC1. The molecular weight excluding hydrogens is 268 g/mol. The van der Waals surface area contributed by atoms with E-state index < -0.39 is 6.04 Å².